The Balaban J connectivity index is 1.64. The Morgan fingerprint density at radius 2 is 2.04 bits per heavy atom. The SMILES string of the molecule is Cc1ccc2c(c1)CCC2NS(=O)(=O)c1cccc(-c2nnnn2C)c1. The first-order valence-corrected chi connectivity index (χ1v) is 9.87. The molecule has 0 aliphatic heterocycles. The van der Waals surface area contributed by atoms with Crippen molar-refractivity contribution < 1.29 is 8.42 Å². The molecule has 8 heteroatoms. The standard InChI is InChI=1S/C18H19N5O2S/c1-12-6-8-16-13(10-12)7-9-17(16)20-26(24,25)15-5-3-4-14(11-15)18-19-21-22-23(18)2/h3-6,8,10-11,17,20H,7,9H2,1-2H3. The average Bonchev–Trinajstić information content (AvgIpc) is 3.21. The summed E-state index contributed by atoms with van der Waals surface area (Å²) < 4.78 is 30.2. The molecule has 1 aliphatic rings. The van der Waals surface area contributed by atoms with Gasteiger partial charge in [-0.2, -0.15) is 0 Å². The fraction of sp³-hybridized carbons (Fsp3) is 0.278. The summed E-state index contributed by atoms with van der Waals surface area (Å²) in [5, 5.41) is 11.3. The molecule has 0 spiro atoms. The van der Waals surface area contributed by atoms with Crippen LogP contribution >= 0.6 is 0 Å². The quantitative estimate of drug-likeness (QED) is 0.761. The molecule has 7 nitrogen and oxygen atoms in total. The highest BCUT2D eigenvalue weighted by Crippen LogP contribution is 2.33. The van der Waals surface area contributed by atoms with Crippen molar-refractivity contribution in [2.45, 2.75) is 30.7 Å². The molecule has 4 rings (SSSR count). The number of nitrogens with zero attached hydrogens (tertiary/aromatic N) is 4. The zero-order valence-electron chi connectivity index (χ0n) is 14.5. The minimum absolute atomic E-state index is 0.198. The van der Waals surface area contributed by atoms with Gasteiger partial charge in [-0.15, -0.1) is 5.10 Å². The van der Waals surface area contributed by atoms with Crippen LogP contribution in [0.25, 0.3) is 11.4 Å². The van der Waals surface area contributed by atoms with Gasteiger partial charge in [0.05, 0.1) is 4.90 Å². The minimum atomic E-state index is -3.65. The molecule has 26 heavy (non-hydrogen) atoms. The van der Waals surface area contributed by atoms with E-state index in [0.29, 0.717) is 11.4 Å². The first-order valence-electron chi connectivity index (χ1n) is 8.38. The summed E-state index contributed by atoms with van der Waals surface area (Å²) in [4.78, 5) is 0.207. The van der Waals surface area contributed by atoms with E-state index < -0.39 is 10.0 Å². The van der Waals surface area contributed by atoms with Gasteiger partial charge in [-0.25, -0.2) is 17.8 Å². The van der Waals surface area contributed by atoms with Gasteiger partial charge >= 0.3 is 0 Å². The van der Waals surface area contributed by atoms with Gasteiger partial charge in [0.2, 0.25) is 10.0 Å². The smallest absolute Gasteiger partial charge is 0.229 e. The van der Waals surface area contributed by atoms with Crippen LogP contribution < -0.4 is 4.72 Å². The molecule has 0 saturated heterocycles. The number of sulfonamides is 1. The van der Waals surface area contributed by atoms with Gasteiger partial charge in [-0.1, -0.05) is 35.9 Å². The Morgan fingerprint density at radius 1 is 1.19 bits per heavy atom. The van der Waals surface area contributed by atoms with Gasteiger partial charge in [-0.05, 0) is 53.5 Å². The predicted octanol–water partition coefficient (Wildman–Crippen LogP) is 2.15. The van der Waals surface area contributed by atoms with Gasteiger partial charge in [0.1, 0.15) is 0 Å². The Labute approximate surface area is 152 Å². The summed E-state index contributed by atoms with van der Waals surface area (Å²) in [5.41, 5.74) is 4.13. The molecule has 1 aromatic heterocycles. The van der Waals surface area contributed by atoms with Crippen LogP contribution in [0, 0.1) is 6.92 Å². The second-order valence-electron chi connectivity index (χ2n) is 6.57. The number of benzene rings is 2. The molecule has 0 radical (unpaired) electrons. The molecule has 1 atom stereocenters. The summed E-state index contributed by atoms with van der Waals surface area (Å²) in [7, 11) is -1.94. The van der Waals surface area contributed by atoms with Gasteiger partial charge in [0, 0.05) is 18.7 Å². The van der Waals surface area contributed by atoms with E-state index in [0.717, 1.165) is 18.4 Å². The lowest BCUT2D eigenvalue weighted by atomic mass is 10.1. The molecule has 1 aliphatic carbocycles. The van der Waals surface area contributed by atoms with Gasteiger partial charge in [0.15, 0.2) is 5.82 Å². The molecule has 2 aromatic carbocycles. The number of fused-ring (bicyclic) bond motifs is 1. The third-order valence-electron chi connectivity index (χ3n) is 4.70. The molecule has 1 N–H and O–H groups in total. The number of hydrogen-bond donors (Lipinski definition) is 1. The molecule has 1 unspecified atom stereocenters. The molecule has 134 valence electrons. The summed E-state index contributed by atoms with van der Waals surface area (Å²) in [5.74, 6) is 0.517. The van der Waals surface area contributed by atoms with E-state index in [9.17, 15) is 8.42 Å². The largest absolute Gasteiger partial charge is 0.241 e. The predicted molar refractivity (Wildman–Crippen MR) is 96.8 cm³/mol. The summed E-state index contributed by atoms with van der Waals surface area (Å²) in [6.07, 6.45) is 1.65. The number of tetrazole rings is 1. The van der Waals surface area contributed by atoms with Crippen LogP contribution in [0.1, 0.15) is 29.2 Å². The molecule has 0 amide bonds. The van der Waals surface area contributed by atoms with E-state index >= 15 is 0 Å². The highest BCUT2D eigenvalue weighted by molar-refractivity contribution is 7.89. The number of nitrogens with one attached hydrogen (secondary N) is 1. The normalized spacial score (nSPS) is 16.6. The Kier molecular flexibility index (Phi) is 4.08. The van der Waals surface area contributed by atoms with Crippen molar-refractivity contribution in [3.05, 3.63) is 59.2 Å². The molecule has 3 aromatic rings. The van der Waals surface area contributed by atoms with Crippen molar-refractivity contribution in [2.24, 2.45) is 7.05 Å². The van der Waals surface area contributed by atoms with Gasteiger partial charge in [0.25, 0.3) is 0 Å². The number of hydrogen-bond acceptors (Lipinski definition) is 5. The molecule has 0 saturated carbocycles. The maximum atomic E-state index is 12.9. The van der Waals surface area contributed by atoms with Crippen molar-refractivity contribution in [1.82, 2.24) is 24.9 Å². The maximum Gasteiger partial charge on any atom is 0.241 e. The van der Waals surface area contributed by atoms with E-state index in [-0.39, 0.29) is 10.9 Å². The van der Waals surface area contributed by atoms with Crippen LogP contribution in [0.15, 0.2) is 47.4 Å². The van der Waals surface area contributed by atoms with Gasteiger partial charge < -0.3 is 0 Å². The van der Waals surface area contributed by atoms with E-state index in [1.54, 1.807) is 31.3 Å². The molecule has 0 bridgehead atoms. The molecular formula is C18H19N5O2S. The second-order valence-corrected chi connectivity index (χ2v) is 8.28. The van der Waals surface area contributed by atoms with Crippen molar-refractivity contribution in [3.8, 4) is 11.4 Å². The molecule has 0 fully saturated rings. The summed E-state index contributed by atoms with van der Waals surface area (Å²) in [6.45, 7) is 2.05. The van der Waals surface area contributed by atoms with Crippen molar-refractivity contribution in [3.63, 3.8) is 0 Å². The zero-order valence-corrected chi connectivity index (χ0v) is 15.4. The first-order chi connectivity index (χ1) is 12.4. The van der Waals surface area contributed by atoms with Crippen LogP contribution in [0.4, 0.5) is 0 Å². The molecular weight excluding hydrogens is 350 g/mol. The van der Waals surface area contributed by atoms with E-state index in [2.05, 4.69) is 26.3 Å². The van der Waals surface area contributed by atoms with Crippen molar-refractivity contribution >= 4 is 10.0 Å². The minimum Gasteiger partial charge on any atom is -0.229 e. The second kappa shape index (κ2) is 6.30. The summed E-state index contributed by atoms with van der Waals surface area (Å²) in [6, 6.07) is 12.6. The number of aryl methyl sites for hydroxylation is 3. The fourth-order valence-electron chi connectivity index (χ4n) is 3.40. The lowest BCUT2D eigenvalue weighted by molar-refractivity contribution is 0.554. The lowest BCUT2D eigenvalue weighted by Gasteiger charge is -2.15. The summed E-state index contributed by atoms with van der Waals surface area (Å²) >= 11 is 0. The van der Waals surface area contributed by atoms with Crippen molar-refractivity contribution in [1.29, 1.82) is 0 Å². The van der Waals surface area contributed by atoms with Gasteiger partial charge in [-0.3, -0.25) is 0 Å². The highest BCUT2D eigenvalue weighted by Gasteiger charge is 2.27. The lowest BCUT2D eigenvalue weighted by Crippen LogP contribution is -2.27. The Bertz CT molecular complexity index is 1070. The van der Waals surface area contributed by atoms with E-state index in [1.807, 2.05) is 19.1 Å². The maximum absolute atomic E-state index is 12.9. The van der Waals surface area contributed by atoms with Crippen LogP contribution in [-0.4, -0.2) is 28.6 Å². The average molecular weight is 369 g/mol. The Morgan fingerprint density at radius 3 is 2.81 bits per heavy atom. The topological polar surface area (TPSA) is 89.8 Å². The first kappa shape index (κ1) is 16.9. The number of rotatable bonds is 4. The number of aromatic nitrogens is 4. The van der Waals surface area contributed by atoms with Crippen LogP contribution in [0.2, 0.25) is 0 Å². The van der Waals surface area contributed by atoms with E-state index in [4.69, 9.17) is 0 Å². The molecule has 1 heterocycles. The van der Waals surface area contributed by atoms with Crippen LogP contribution in [0.5, 0.6) is 0 Å². The Hall–Kier alpha value is -2.58. The van der Waals surface area contributed by atoms with E-state index in [1.165, 1.54) is 15.8 Å². The zero-order chi connectivity index (χ0) is 18.3. The van der Waals surface area contributed by atoms with Crippen LogP contribution in [0.3, 0.4) is 0 Å². The monoisotopic (exact) mass is 369 g/mol. The van der Waals surface area contributed by atoms with Crippen molar-refractivity contribution in [2.75, 3.05) is 0 Å². The third-order valence-corrected chi connectivity index (χ3v) is 6.17. The third kappa shape index (κ3) is 3.02. The fourth-order valence-corrected chi connectivity index (χ4v) is 4.70. The van der Waals surface area contributed by atoms with Crippen LogP contribution in [-0.2, 0) is 23.5 Å². The highest BCUT2D eigenvalue weighted by atomic mass is 32.2.